The van der Waals surface area contributed by atoms with Gasteiger partial charge in [0.1, 0.15) is 0 Å². The smallest absolute Gasteiger partial charge is 0.223 e. The first kappa shape index (κ1) is 11.6. The Morgan fingerprint density at radius 2 is 1.80 bits per heavy atom. The average molecular weight is 206 g/mol. The molecule has 0 radical (unpaired) electrons. The molecule has 0 bridgehead atoms. The van der Waals surface area contributed by atoms with E-state index in [2.05, 4.69) is 19.2 Å². The van der Waals surface area contributed by atoms with Crippen molar-refractivity contribution in [3.63, 3.8) is 0 Å². The van der Waals surface area contributed by atoms with Crippen LogP contribution in [0.2, 0.25) is 0 Å². The van der Waals surface area contributed by atoms with Crippen molar-refractivity contribution in [3.8, 4) is 0 Å². The molecule has 1 amide bonds. The van der Waals surface area contributed by atoms with Crippen molar-refractivity contribution < 1.29 is 4.79 Å². The lowest BCUT2D eigenvalue weighted by Crippen LogP contribution is -2.22. The number of nitrogens with one attached hydrogen (secondary N) is 1. The van der Waals surface area contributed by atoms with Crippen molar-refractivity contribution in [1.82, 2.24) is 0 Å². The number of carbonyl (C=O) groups excluding carboxylic acids is 1. The summed E-state index contributed by atoms with van der Waals surface area (Å²) in [6.45, 7) is 5.74. The highest BCUT2D eigenvalue weighted by molar-refractivity contribution is 5.90. The summed E-state index contributed by atoms with van der Waals surface area (Å²) in [7, 11) is 1.77. The maximum atomic E-state index is 11.1. The number of hydrogen-bond donors (Lipinski definition) is 1. The van der Waals surface area contributed by atoms with Gasteiger partial charge < -0.3 is 10.2 Å². The summed E-state index contributed by atoms with van der Waals surface area (Å²) < 4.78 is 0. The lowest BCUT2D eigenvalue weighted by molar-refractivity contribution is -0.116. The second-order valence-electron chi connectivity index (χ2n) is 3.92. The van der Waals surface area contributed by atoms with Gasteiger partial charge in [0.15, 0.2) is 0 Å². The van der Waals surface area contributed by atoms with Gasteiger partial charge in [-0.05, 0) is 38.1 Å². The highest BCUT2D eigenvalue weighted by Crippen LogP contribution is 2.17. The Hall–Kier alpha value is -1.51. The zero-order chi connectivity index (χ0) is 11.4. The van der Waals surface area contributed by atoms with Crippen LogP contribution < -0.4 is 10.2 Å². The van der Waals surface area contributed by atoms with Gasteiger partial charge in [-0.2, -0.15) is 0 Å². The van der Waals surface area contributed by atoms with E-state index in [1.165, 1.54) is 0 Å². The first-order chi connectivity index (χ1) is 7.00. The summed E-state index contributed by atoms with van der Waals surface area (Å²) in [5, 5.41) is 3.30. The van der Waals surface area contributed by atoms with Crippen molar-refractivity contribution >= 4 is 17.3 Å². The molecule has 3 nitrogen and oxygen atoms in total. The molecule has 1 N–H and O–H groups in total. The molecule has 0 aliphatic heterocycles. The predicted octanol–water partition coefficient (Wildman–Crippen LogP) is 2.49. The van der Waals surface area contributed by atoms with Crippen LogP contribution in [0.25, 0.3) is 0 Å². The minimum atomic E-state index is 0.0413. The molecular formula is C12H18N2O. The van der Waals surface area contributed by atoms with Crippen LogP contribution in [-0.2, 0) is 4.79 Å². The molecule has 0 aliphatic rings. The number of nitrogens with zero attached hydrogens (tertiary/aromatic N) is 1. The normalized spacial score (nSPS) is 10.2. The van der Waals surface area contributed by atoms with E-state index < -0.39 is 0 Å². The first-order valence-corrected chi connectivity index (χ1v) is 5.11. The van der Waals surface area contributed by atoms with Gasteiger partial charge in [0.05, 0.1) is 0 Å². The standard InChI is InChI=1S/C12H18N2O/c1-9(2)13-11-5-7-12(8-6-11)14(4)10(3)15/h5-9,13H,1-4H3. The molecule has 0 atom stereocenters. The summed E-state index contributed by atoms with van der Waals surface area (Å²) in [4.78, 5) is 12.7. The zero-order valence-electron chi connectivity index (χ0n) is 9.74. The van der Waals surface area contributed by atoms with Crippen LogP contribution >= 0.6 is 0 Å². The molecule has 0 spiro atoms. The molecular weight excluding hydrogens is 188 g/mol. The SMILES string of the molecule is CC(=O)N(C)c1ccc(NC(C)C)cc1. The lowest BCUT2D eigenvalue weighted by atomic mass is 10.2. The molecule has 1 aromatic carbocycles. The van der Waals surface area contributed by atoms with E-state index in [4.69, 9.17) is 0 Å². The Balaban J connectivity index is 2.76. The zero-order valence-corrected chi connectivity index (χ0v) is 9.74. The van der Waals surface area contributed by atoms with Crippen molar-refractivity contribution in [3.05, 3.63) is 24.3 Å². The third-order valence-electron chi connectivity index (χ3n) is 2.18. The molecule has 0 heterocycles. The number of amides is 1. The van der Waals surface area contributed by atoms with Crippen LogP contribution in [0.5, 0.6) is 0 Å². The number of rotatable bonds is 3. The molecule has 1 rings (SSSR count). The molecule has 15 heavy (non-hydrogen) atoms. The molecule has 1 aromatic rings. The van der Waals surface area contributed by atoms with E-state index in [1.807, 2.05) is 24.3 Å². The molecule has 3 heteroatoms. The maximum absolute atomic E-state index is 11.1. The Kier molecular flexibility index (Phi) is 3.72. The first-order valence-electron chi connectivity index (χ1n) is 5.11. The van der Waals surface area contributed by atoms with E-state index >= 15 is 0 Å². The Morgan fingerprint density at radius 3 is 2.20 bits per heavy atom. The Morgan fingerprint density at radius 1 is 1.27 bits per heavy atom. The van der Waals surface area contributed by atoms with E-state index in [-0.39, 0.29) is 5.91 Å². The minimum Gasteiger partial charge on any atom is -0.383 e. The third kappa shape index (κ3) is 3.27. The number of benzene rings is 1. The molecule has 0 unspecified atom stereocenters. The second kappa shape index (κ2) is 4.82. The quantitative estimate of drug-likeness (QED) is 0.824. The van der Waals surface area contributed by atoms with E-state index in [0.29, 0.717) is 6.04 Å². The van der Waals surface area contributed by atoms with E-state index in [9.17, 15) is 4.79 Å². The van der Waals surface area contributed by atoms with E-state index in [0.717, 1.165) is 11.4 Å². The molecule has 0 fully saturated rings. The summed E-state index contributed by atoms with van der Waals surface area (Å²) in [5.74, 6) is 0.0413. The van der Waals surface area contributed by atoms with Gasteiger partial charge in [0, 0.05) is 31.4 Å². The van der Waals surface area contributed by atoms with Gasteiger partial charge in [-0.15, -0.1) is 0 Å². The van der Waals surface area contributed by atoms with Crippen molar-refractivity contribution in [2.75, 3.05) is 17.3 Å². The summed E-state index contributed by atoms with van der Waals surface area (Å²) in [6, 6.07) is 8.25. The molecule has 82 valence electrons. The Bertz CT molecular complexity index is 330. The van der Waals surface area contributed by atoms with Gasteiger partial charge in [-0.25, -0.2) is 0 Å². The van der Waals surface area contributed by atoms with Crippen LogP contribution in [0.1, 0.15) is 20.8 Å². The van der Waals surface area contributed by atoms with Gasteiger partial charge >= 0.3 is 0 Å². The number of hydrogen-bond acceptors (Lipinski definition) is 2. The van der Waals surface area contributed by atoms with Crippen molar-refractivity contribution in [1.29, 1.82) is 0 Å². The molecule has 0 aliphatic carbocycles. The lowest BCUT2D eigenvalue weighted by Gasteiger charge is -2.16. The molecule has 0 saturated carbocycles. The second-order valence-corrected chi connectivity index (χ2v) is 3.92. The monoisotopic (exact) mass is 206 g/mol. The predicted molar refractivity (Wildman–Crippen MR) is 64.3 cm³/mol. The fourth-order valence-electron chi connectivity index (χ4n) is 1.30. The van der Waals surface area contributed by atoms with E-state index in [1.54, 1.807) is 18.9 Å². The fraction of sp³-hybridized carbons (Fsp3) is 0.417. The van der Waals surface area contributed by atoms with Crippen LogP contribution in [0.3, 0.4) is 0 Å². The van der Waals surface area contributed by atoms with Crippen molar-refractivity contribution in [2.45, 2.75) is 26.8 Å². The van der Waals surface area contributed by atoms with Gasteiger partial charge in [0.2, 0.25) is 5.91 Å². The fourth-order valence-corrected chi connectivity index (χ4v) is 1.30. The van der Waals surface area contributed by atoms with Crippen molar-refractivity contribution in [2.24, 2.45) is 0 Å². The summed E-state index contributed by atoms with van der Waals surface area (Å²) in [5.41, 5.74) is 1.99. The third-order valence-corrected chi connectivity index (χ3v) is 2.18. The molecule has 0 saturated heterocycles. The number of carbonyl (C=O) groups is 1. The largest absolute Gasteiger partial charge is 0.383 e. The maximum Gasteiger partial charge on any atom is 0.223 e. The highest BCUT2D eigenvalue weighted by atomic mass is 16.2. The van der Waals surface area contributed by atoms with Crippen LogP contribution in [-0.4, -0.2) is 19.0 Å². The Labute approximate surface area is 91.1 Å². The van der Waals surface area contributed by atoms with Gasteiger partial charge in [-0.1, -0.05) is 0 Å². The molecule has 0 aromatic heterocycles. The minimum absolute atomic E-state index is 0.0413. The number of anilines is 2. The summed E-state index contributed by atoms with van der Waals surface area (Å²) >= 11 is 0. The highest BCUT2D eigenvalue weighted by Gasteiger charge is 2.04. The van der Waals surface area contributed by atoms with Gasteiger partial charge in [-0.3, -0.25) is 4.79 Å². The topological polar surface area (TPSA) is 32.3 Å². The van der Waals surface area contributed by atoms with Crippen LogP contribution in [0, 0.1) is 0 Å². The van der Waals surface area contributed by atoms with Gasteiger partial charge in [0.25, 0.3) is 0 Å². The summed E-state index contributed by atoms with van der Waals surface area (Å²) in [6.07, 6.45) is 0. The average Bonchev–Trinajstić information content (AvgIpc) is 2.17. The van der Waals surface area contributed by atoms with Crippen LogP contribution in [0.4, 0.5) is 11.4 Å². The van der Waals surface area contributed by atoms with Crippen LogP contribution in [0.15, 0.2) is 24.3 Å².